The van der Waals surface area contributed by atoms with Gasteiger partial charge in [0.05, 0.1) is 6.54 Å². The highest BCUT2D eigenvalue weighted by molar-refractivity contribution is 6.11. The lowest BCUT2D eigenvalue weighted by atomic mass is 9.47. The van der Waals surface area contributed by atoms with Gasteiger partial charge < -0.3 is 4.90 Å². The minimum atomic E-state index is -1.00. The zero-order chi connectivity index (χ0) is 20.0. The highest BCUT2D eigenvalue weighted by Crippen LogP contribution is 2.62. The molecule has 2 fully saturated rings. The maximum absolute atomic E-state index is 13.3. The van der Waals surface area contributed by atoms with Gasteiger partial charge in [0.2, 0.25) is 0 Å². The molecule has 0 aromatic rings. The van der Waals surface area contributed by atoms with Crippen molar-refractivity contribution in [1.29, 1.82) is 0 Å². The largest absolute Gasteiger partial charge is 0.328 e. The van der Waals surface area contributed by atoms with Crippen LogP contribution >= 0.6 is 0 Å². The van der Waals surface area contributed by atoms with E-state index >= 15 is 0 Å². The second-order valence-corrected chi connectivity index (χ2v) is 8.45. The summed E-state index contributed by atoms with van der Waals surface area (Å²) in [4.78, 5) is 40.8. The van der Waals surface area contributed by atoms with Gasteiger partial charge in [0.25, 0.3) is 5.91 Å². The van der Waals surface area contributed by atoms with Gasteiger partial charge in [0, 0.05) is 7.05 Å². The summed E-state index contributed by atoms with van der Waals surface area (Å²) in [6, 6.07) is -0.411. The molecule has 4 rings (SSSR count). The number of imide groups is 1. The summed E-state index contributed by atoms with van der Waals surface area (Å²) in [5, 5.41) is 0. The Hall–Kier alpha value is -2.43. The molecular formula is C22H28N2O3. The number of hydrogen-bond acceptors (Lipinski definition) is 3. The van der Waals surface area contributed by atoms with Gasteiger partial charge in [-0.05, 0) is 48.7 Å². The molecular weight excluding hydrogens is 340 g/mol. The number of ketones is 1. The SMILES string of the molecule is C=C/C=C\C=C\C(=O)CN1C(=O)N(C)C(C)(C2=CC[C@H]3C[C@@H]2C3(C)C)C1=O. The number of nitrogens with zero attached hydrogens (tertiary/aromatic N) is 2. The van der Waals surface area contributed by atoms with Crippen molar-refractivity contribution in [3.63, 3.8) is 0 Å². The molecule has 1 heterocycles. The third-order valence-corrected chi connectivity index (χ3v) is 6.83. The monoisotopic (exact) mass is 368 g/mol. The molecule has 0 radical (unpaired) electrons. The van der Waals surface area contributed by atoms with E-state index in [0.717, 1.165) is 23.3 Å². The number of carbonyl (C=O) groups is 3. The summed E-state index contributed by atoms with van der Waals surface area (Å²) >= 11 is 0. The van der Waals surface area contributed by atoms with E-state index in [-0.39, 0.29) is 23.7 Å². The average molecular weight is 368 g/mol. The third-order valence-electron chi connectivity index (χ3n) is 6.83. The Bertz CT molecular complexity index is 789. The van der Waals surface area contributed by atoms with Crippen LogP contribution in [0.25, 0.3) is 0 Å². The number of allylic oxidation sites excluding steroid dienone is 5. The topological polar surface area (TPSA) is 57.7 Å². The molecule has 0 aromatic carbocycles. The van der Waals surface area contributed by atoms with Crippen molar-refractivity contribution in [3.05, 3.63) is 48.6 Å². The van der Waals surface area contributed by atoms with Crippen LogP contribution in [-0.2, 0) is 9.59 Å². The van der Waals surface area contributed by atoms with E-state index < -0.39 is 11.6 Å². The van der Waals surface area contributed by atoms with Crippen LogP contribution in [0, 0.1) is 17.3 Å². The fraction of sp³-hybridized carbons (Fsp3) is 0.500. The number of fused-ring (bicyclic) bond motifs is 1. The van der Waals surface area contributed by atoms with Gasteiger partial charge in [-0.2, -0.15) is 0 Å². The van der Waals surface area contributed by atoms with Crippen molar-refractivity contribution in [3.8, 4) is 0 Å². The maximum Gasteiger partial charge on any atom is 0.328 e. The normalized spacial score (nSPS) is 32.2. The number of urea groups is 1. The fourth-order valence-corrected chi connectivity index (χ4v) is 4.73. The summed E-state index contributed by atoms with van der Waals surface area (Å²) in [5.41, 5.74) is 0.188. The zero-order valence-corrected chi connectivity index (χ0v) is 16.6. The molecule has 3 atom stereocenters. The van der Waals surface area contributed by atoms with Crippen LogP contribution < -0.4 is 0 Å². The summed E-state index contributed by atoms with van der Waals surface area (Å²) in [7, 11) is 1.66. The van der Waals surface area contributed by atoms with Crippen LogP contribution in [-0.4, -0.2) is 46.7 Å². The second-order valence-electron chi connectivity index (χ2n) is 8.45. The first-order chi connectivity index (χ1) is 12.7. The van der Waals surface area contributed by atoms with Crippen LogP contribution in [0.4, 0.5) is 4.79 Å². The maximum atomic E-state index is 13.3. The van der Waals surface area contributed by atoms with E-state index in [1.54, 1.807) is 31.4 Å². The number of likely N-dealkylation sites (N-methyl/N-ethyl adjacent to an activating group) is 1. The van der Waals surface area contributed by atoms with E-state index in [0.29, 0.717) is 11.8 Å². The van der Waals surface area contributed by atoms with Crippen LogP contribution in [0.2, 0.25) is 0 Å². The number of hydrogen-bond donors (Lipinski definition) is 0. The molecule has 5 nitrogen and oxygen atoms in total. The molecule has 0 aromatic heterocycles. The minimum absolute atomic E-state index is 0.153. The number of amides is 3. The van der Waals surface area contributed by atoms with Gasteiger partial charge in [-0.15, -0.1) is 0 Å². The van der Waals surface area contributed by atoms with Crippen LogP contribution in [0.3, 0.4) is 0 Å². The van der Waals surface area contributed by atoms with Gasteiger partial charge in [0.15, 0.2) is 5.78 Å². The Morgan fingerprint density at radius 2 is 1.96 bits per heavy atom. The molecule has 3 amide bonds. The number of rotatable bonds is 6. The molecule has 1 aliphatic heterocycles. The smallest absolute Gasteiger partial charge is 0.309 e. The summed E-state index contributed by atoms with van der Waals surface area (Å²) in [6.45, 7) is 9.62. The Balaban J connectivity index is 1.82. The molecule has 1 unspecified atom stereocenters. The number of carbonyl (C=O) groups excluding carboxylic acids is 3. The Labute approximate surface area is 161 Å². The molecule has 144 valence electrons. The van der Waals surface area contributed by atoms with Crippen molar-refractivity contribution in [1.82, 2.24) is 9.80 Å². The van der Waals surface area contributed by atoms with Crippen molar-refractivity contribution < 1.29 is 14.4 Å². The van der Waals surface area contributed by atoms with E-state index in [1.165, 1.54) is 11.0 Å². The Morgan fingerprint density at radius 3 is 2.56 bits per heavy atom. The lowest BCUT2D eigenvalue weighted by molar-refractivity contribution is -0.134. The molecule has 2 bridgehead atoms. The van der Waals surface area contributed by atoms with Gasteiger partial charge in [0.1, 0.15) is 5.54 Å². The predicted molar refractivity (Wildman–Crippen MR) is 105 cm³/mol. The van der Waals surface area contributed by atoms with Crippen molar-refractivity contribution in [2.75, 3.05) is 13.6 Å². The molecule has 4 aliphatic rings. The van der Waals surface area contributed by atoms with Gasteiger partial charge in [-0.3, -0.25) is 14.5 Å². The standard InChI is InChI=1S/C22H28N2O3/c1-6-7-8-9-10-16(25)14-24-19(26)22(4,23(5)20(24)27)17-12-11-15-13-18(17)21(15,2)3/h6-10,12,15,18H,1,11,13-14H2,2-5H3/b8-7-,10-9+/t15-,18-,22?/m0/s1. The van der Waals surface area contributed by atoms with E-state index in [9.17, 15) is 14.4 Å². The zero-order valence-electron chi connectivity index (χ0n) is 16.6. The van der Waals surface area contributed by atoms with Crippen LogP contribution in [0.15, 0.2) is 48.6 Å². The molecule has 0 spiro atoms. The van der Waals surface area contributed by atoms with Gasteiger partial charge >= 0.3 is 6.03 Å². The molecule has 1 saturated heterocycles. The van der Waals surface area contributed by atoms with E-state index in [1.807, 2.05) is 6.92 Å². The first-order valence-corrected chi connectivity index (χ1v) is 9.44. The van der Waals surface area contributed by atoms with Gasteiger partial charge in [-0.25, -0.2) is 4.79 Å². The summed E-state index contributed by atoms with van der Waals surface area (Å²) in [6.07, 6.45) is 12.1. The lowest BCUT2D eigenvalue weighted by Crippen LogP contribution is -2.57. The van der Waals surface area contributed by atoms with Crippen LogP contribution in [0.5, 0.6) is 0 Å². The van der Waals surface area contributed by atoms with E-state index in [4.69, 9.17) is 0 Å². The van der Waals surface area contributed by atoms with Crippen molar-refractivity contribution >= 4 is 17.7 Å². The molecule has 3 aliphatic carbocycles. The predicted octanol–water partition coefficient (Wildman–Crippen LogP) is 3.50. The summed E-state index contributed by atoms with van der Waals surface area (Å²) < 4.78 is 0. The second kappa shape index (κ2) is 6.63. The highest BCUT2D eigenvalue weighted by Gasteiger charge is 2.62. The van der Waals surface area contributed by atoms with Crippen LogP contribution in [0.1, 0.15) is 33.6 Å². The Morgan fingerprint density at radius 1 is 1.26 bits per heavy atom. The molecule has 5 heteroatoms. The highest BCUT2D eigenvalue weighted by atomic mass is 16.2. The minimum Gasteiger partial charge on any atom is -0.309 e. The molecule has 1 saturated carbocycles. The molecule has 0 N–H and O–H groups in total. The van der Waals surface area contributed by atoms with Crippen molar-refractivity contribution in [2.45, 2.75) is 39.2 Å². The fourth-order valence-electron chi connectivity index (χ4n) is 4.73. The average Bonchev–Trinajstić information content (AvgIpc) is 2.81. The van der Waals surface area contributed by atoms with E-state index in [2.05, 4.69) is 26.5 Å². The first-order valence-electron chi connectivity index (χ1n) is 9.44. The van der Waals surface area contributed by atoms with Gasteiger partial charge in [-0.1, -0.05) is 50.8 Å². The molecule has 27 heavy (non-hydrogen) atoms. The lowest BCUT2D eigenvalue weighted by Gasteiger charge is -2.59. The van der Waals surface area contributed by atoms with Crippen molar-refractivity contribution in [2.24, 2.45) is 17.3 Å². The third kappa shape index (κ3) is 2.80. The first kappa shape index (κ1) is 19.3. The Kier molecular flexibility index (Phi) is 4.74. The summed E-state index contributed by atoms with van der Waals surface area (Å²) in [5.74, 6) is 0.370. The quantitative estimate of drug-likeness (QED) is 0.312.